The van der Waals surface area contributed by atoms with Crippen LogP contribution in [0.2, 0.25) is 0 Å². The van der Waals surface area contributed by atoms with Crippen molar-refractivity contribution < 1.29 is 4.42 Å². The molecule has 2 aromatic rings. The van der Waals surface area contributed by atoms with Gasteiger partial charge >= 0.3 is 0 Å². The Labute approximate surface area is 87.9 Å². The number of hydrogen-bond donors (Lipinski definition) is 1. The van der Waals surface area contributed by atoms with Crippen LogP contribution in [0.25, 0.3) is 0 Å². The molecule has 15 heavy (non-hydrogen) atoms. The van der Waals surface area contributed by atoms with E-state index in [1.54, 1.807) is 18.7 Å². The first-order valence-electron chi connectivity index (χ1n) is 4.85. The first-order valence-corrected chi connectivity index (χ1v) is 4.85. The molecule has 2 aromatic heterocycles. The Morgan fingerprint density at radius 2 is 2.33 bits per heavy atom. The van der Waals surface area contributed by atoms with Gasteiger partial charge in [-0.25, -0.2) is 9.97 Å². The second-order valence-corrected chi connectivity index (χ2v) is 3.48. The average molecular weight is 206 g/mol. The summed E-state index contributed by atoms with van der Waals surface area (Å²) in [6.07, 6.45) is 5.21. The molecule has 5 nitrogen and oxygen atoms in total. The van der Waals surface area contributed by atoms with Gasteiger partial charge in [0.2, 0.25) is 5.89 Å². The van der Waals surface area contributed by atoms with E-state index < -0.39 is 0 Å². The lowest BCUT2D eigenvalue weighted by Crippen LogP contribution is -2.12. The molecule has 5 heteroatoms. The van der Waals surface area contributed by atoms with Crippen LogP contribution in [-0.2, 0) is 6.54 Å². The lowest BCUT2D eigenvalue weighted by molar-refractivity contribution is 0.410. The zero-order valence-electron chi connectivity index (χ0n) is 8.84. The van der Waals surface area contributed by atoms with Crippen molar-refractivity contribution in [3.8, 4) is 0 Å². The lowest BCUT2D eigenvalue weighted by atomic mass is 10.3. The highest BCUT2D eigenvalue weighted by molar-refractivity contribution is 5.05. The summed E-state index contributed by atoms with van der Waals surface area (Å²) < 4.78 is 7.43. The Balaban J connectivity index is 2.31. The second-order valence-electron chi connectivity index (χ2n) is 3.48. The summed E-state index contributed by atoms with van der Waals surface area (Å²) in [5.41, 5.74) is 6.58. The number of rotatable bonds is 3. The van der Waals surface area contributed by atoms with E-state index in [0.717, 1.165) is 11.5 Å². The van der Waals surface area contributed by atoms with E-state index >= 15 is 0 Å². The fourth-order valence-electron chi connectivity index (χ4n) is 1.52. The predicted octanol–water partition coefficient (Wildman–Crippen LogP) is 1.25. The van der Waals surface area contributed by atoms with Gasteiger partial charge in [0, 0.05) is 12.7 Å². The van der Waals surface area contributed by atoms with Crippen LogP contribution in [0, 0.1) is 6.92 Å². The molecule has 0 saturated carbocycles. The molecule has 1 atom stereocenters. The Kier molecular flexibility index (Phi) is 2.55. The minimum atomic E-state index is 0.0275. The Bertz CT molecular complexity index is 446. The van der Waals surface area contributed by atoms with Crippen LogP contribution in [0.4, 0.5) is 0 Å². The summed E-state index contributed by atoms with van der Waals surface area (Å²) in [6.45, 7) is 4.34. The van der Waals surface area contributed by atoms with E-state index in [-0.39, 0.29) is 6.04 Å². The van der Waals surface area contributed by atoms with Gasteiger partial charge in [-0.05, 0) is 13.8 Å². The molecule has 0 bridgehead atoms. The summed E-state index contributed by atoms with van der Waals surface area (Å²) in [4.78, 5) is 8.25. The highest BCUT2D eigenvalue weighted by Gasteiger charge is 2.15. The third-order valence-corrected chi connectivity index (χ3v) is 2.37. The van der Waals surface area contributed by atoms with E-state index in [4.69, 9.17) is 10.2 Å². The van der Waals surface area contributed by atoms with Gasteiger partial charge in [0.15, 0.2) is 0 Å². The van der Waals surface area contributed by atoms with Gasteiger partial charge in [-0.1, -0.05) is 0 Å². The monoisotopic (exact) mass is 206 g/mol. The predicted molar refractivity (Wildman–Crippen MR) is 55.2 cm³/mol. The molecular weight excluding hydrogens is 192 g/mol. The molecule has 0 aliphatic carbocycles. The maximum Gasteiger partial charge on any atom is 0.217 e. The van der Waals surface area contributed by atoms with Crippen molar-refractivity contribution in [1.29, 1.82) is 0 Å². The van der Waals surface area contributed by atoms with Crippen LogP contribution in [0.5, 0.6) is 0 Å². The van der Waals surface area contributed by atoms with Gasteiger partial charge in [-0.2, -0.15) is 0 Å². The Morgan fingerprint density at radius 1 is 1.53 bits per heavy atom. The van der Waals surface area contributed by atoms with Crippen LogP contribution >= 0.6 is 0 Å². The van der Waals surface area contributed by atoms with Crippen molar-refractivity contribution in [1.82, 2.24) is 14.5 Å². The zero-order chi connectivity index (χ0) is 10.8. The van der Waals surface area contributed by atoms with Crippen LogP contribution in [-0.4, -0.2) is 14.5 Å². The molecule has 2 N–H and O–H groups in total. The van der Waals surface area contributed by atoms with E-state index in [9.17, 15) is 0 Å². The summed E-state index contributed by atoms with van der Waals surface area (Å²) >= 11 is 0. The third-order valence-electron chi connectivity index (χ3n) is 2.37. The first-order chi connectivity index (χ1) is 7.22. The zero-order valence-corrected chi connectivity index (χ0v) is 8.84. The fourth-order valence-corrected chi connectivity index (χ4v) is 1.52. The van der Waals surface area contributed by atoms with E-state index in [1.807, 2.05) is 18.4 Å². The lowest BCUT2D eigenvalue weighted by Gasteiger charge is -2.12. The van der Waals surface area contributed by atoms with Gasteiger partial charge < -0.3 is 14.7 Å². The summed E-state index contributed by atoms with van der Waals surface area (Å²) in [5, 5.41) is 0. The maximum absolute atomic E-state index is 5.60. The molecule has 0 amide bonds. The molecule has 0 spiro atoms. The van der Waals surface area contributed by atoms with E-state index in [0.29, 0.717) is 12.4 Å². The molecule has 0 fully saturated rings. The number of aromatic nitrogens is 3. The highest BCUT2D eigenvalue weighted by Crippen LogP contribution is 2.18. The van der Waals surface area contributed by atoms with Gasteiger partial charge in [-0.3, -0.25) is 0 Å². The number of oxazole rings is 1. The topological polar surface area (TPSA) is 69.9 Å². The first kappa shape index (κ1) is 9.92. The summed E-state index contributed by atoms with van der Waals surface area (Å²) in [7, 11) is 0. The van der Waals surface area contributed by atoms with Gasteiger partial charge in [-0.15, -0.1) is 0 Å². The number of hydrogen-bond acceptors (Lipinski definition) is 4. The number of aryl methyl sites for hydroxylation is 1. The molecule has 0 radical (unpaired) electrons. The molecule has 0 aromatic carbocycles. The van der Waals surface area contributed by atoms with Crippen molar-refractivity contribution in [2.24, 2.45) is 5.73 Å². The van der Waals surface area contributed by atoms with Crippen molar-refractivity contribution in [2.75, 3.05) is 0 Å². The third kappa shape index (κ3) is 1.78. The second kappa shape index (κ2) is 3.86. The minimum absolute atomic E-state index is 0.0275. The maximum atomic E-state index is 5.60. The highest BCUT2D eigenvalue weighted by atomic mass is 16.4. The van der Waals surface area contributed by atoms with Crippen molar-refractivity contribution in [3.05, 3.63) is 36.1 Å². The molecule has 80 valence electrons. The standard InChI is InChI=1S/C10H14N4O/c1-7-4-13-10(15-7)8(2)14-6-12-5-9(14)3-11/h4-6,8H,3,11H2,1-2H3. The molecule has 0 saturated heterocycles. The van der Waals surface area contributed by atoms with E-state index in [2.05, 4.69) is 9.97 Å². The molecule has 1 unspecified atom stereocenters. The Morgan fingerprint density at radius 3 is 2.93 bits per heavy atom. The van der Waals surface area contributed by atoms with Crippen LogP contribution in [0.15, 0.2) is 23.1 Å². The summed E-state index contributed by atoms with van der Waals surface area (Å²) in [6, 6.07) is 0.0275. The summed E-state index contributed by atoms with van der Waals surface area (Å²) in [5.74, 6) is 1.49. The fraction of sp³-hybridized carbons (Fsp3) is 0.400. The largest absolute Gasteiger partial charge is 0.444 e. The van der Waals surface area contributed by atoms with Gasteiger partial charge in [0.25, 0.3) is 0 Å². The van der Waals surface area contributed by atoms with Crippen LogP contribution in [0.3, 0.4) is 0 Å². The number of nitrogens with two attached hydrogens (primary N) is 1. The normalized spacial score (nSPS) is 13.0. The van der Waals surface area contributed by atoms with Crippen molar-refractivity contribution in [2.45, 2.75) is 26.4 Å². The SMILES string of the molecule is Cc1cnc(C(C)n2cncc2CN)o1. The number of nitrogens with zero attached hydrogens (tertiary/aromatic N) is 3. The van der Waals surface area contributed by atoms with Gasteiger partial charge in [0.1, 0.15) is 11.8 Å². The van der Waals surface area contributed by atoms with Crippen molar-refractivity contribution >= 4 is 0 Å². The van der Waals surface area contributed by atoms with E-state index in [1.165, 1.54) is 0 Å². The average Bonchev–Trinajstić information content (AvgIpc) is 2.84. The smallest absolute Gasteiger partial charge is 0.217 e. The molecule has 2 heterocycles. The van der Waals surface area contributed by atoms with Crippen LogP contribution < -0.4 is 5.73 Å². The molecule has 2 rings (SSSR count). The van der Waals surface area contributed by atoms with Crippen molar-refractivity contribution in [3.63, 3.8) is 0 Å². The quantitative estimate of drug-likeness (QED) is 0.820. The van der Waals surface area contributed by atoms with Gasteiger partial charge in [0.05, 0.1) is 18.2 Å². The Hall–Kier alpha value is -1.62. The molecule has 0 aliphatic heterocycles. The van der Waals surface area contributed by atoms with Crippen LogP contribution in [0.1, 0.15) is 30.3 Å². The molecular formula is C10H14N4O. The molecule has 0 aliphatic rings. The number of imidazole rings is 1. The minimum Gasteiger partial charge on any atom is -0.444 e.